The molecule has 0 radical (unpaired) electrons. The van der Waals surface area contributed by atoms with Crippen LogP contribution in [0, 0.1) is 18.3 Å². The van der Waals surface area contributed by atoms with Crippen LogP contribution < -0.4 is 0 Å². The first-order valence-electron chi connectivity index (χ1n) is 6.43. The van der Waals surface area contributed by atoms with E-state index in [0.29, 0.717) is 0 Å². The fourth-order valence-electron chi connectivity index (χ4n) is 2.19. The summed E-state index contributed by atoms with van der Waals surface area (Å²) in [6.45, 7) is 8.38. The molecular formula is C15H22N2. The highest BCUT2D eigenvalue weighted by Crippen LogP contribution is 2.23. The van der Waals surface area contributed by atoms with Crippen molar-refractivity contribution >= 4 is 0 Å². The Balaban J connectivity index is 2.97. The molecule has 0 fully saturated rings. The van der Waals surface area contributed by atoms with E-state index in [9.17, 15) is 5.26 Å². The third kappa shape index (κ3) is 3.57. The van der Waals surface area contributed by atoms with E-state index in [0.717, 1.165) is 31.5 Å². The minimum absolute atomic E-state index is 0.101. The monoisotopic (exact) mass is 230 g/mol. The number of hydrogen-bond donors (Lipinski definition) is 0. The van der Waals surface area contributed by atoms with E-state index in [4.69, 9.17) is 0 Å². The molecule has 0 aliphatic carbocycles. The molecule has 0 saturated carbocycles. The van der Waals surface area contributed by atoms with Crippen molar-refractivity contribution in [1.82, 2.24) is 4.90 Å². The lowest BCUT2D eigenvalue weighted by molar-refractivity contribution is 0.236. The third-order valence-corrected chi connectivity index (χ3v) is 2.99. The second-order valence-electron chi connectivity index (χ2n) is 4.42. The van der Waals surface area contributed by atoms with Crippen LogP contribution in [0.5, 0.6) is 0 Å². The first-order chi connectivity index (χ1) is 8.24. The van der Waals surface area contributed by atoms with Crippen LogP contribution in [0.1, 0.15) is 43.9 Å². The van der Waals surface area contributed by atoms with E-state index in [2.05, 4.69) is 43.9 Å². The zero-order chi connectivity index (χ0) is 12.7. The van der Waals surface area contributed by atoms with Gasteiger partial charge in [0.2, 0.25) is 0 Å². The summed E-state index contributed by atoms with van der Waals surface area (Å²) in [4.78, 5) is 2.28. The van der Waals surface area contributed by atoms with Crippen molar-refractivity contribution in [3.8, 4) is 6.07 Å². The molecule has 0 amide bonds. The van der Waals surface area contributed by atoms with Crippen LogP contribution in [-0.2, 0) is 0 Å². The Bertz CT molecular complexity index is 373. The molecule has 17 heavy (non-hydrogen) atoms. The number of nitrogens with zero attached hydrogens (tertiary/aromatic N) is 2. The molecule has 0 spiro atoms. The van der Waals surface area contributed by atoms with Crippen LogP contribution in [0.2, 0.25) is 0 Å². The van der Waals surface area contributed by atoms with Crippen molar-refractivity contribution in [3.63, 3.8) is 0 Å². The molecule has 0 aliphatic rings. The Morgan fingerprint density at radius 1 is 1.18 bits per heavy atom. The summed E-state index contributed by atoms with van der Waals surface area (Å²) in [5.74, 6) is 0. The first-order valence-corrected chi connectivity index (χ1v) is 6.43. The topological polar surface area (TPSA) is 27.0 Å². The highest BCUT2D eigenvalue weighted by molar-refractivity contribution is 5.32. The molecule has 1 unspecified atom stereocenters. The van der Waals surface area contributed by atoms with E-state index in [1.807, 2.05) is 12.1 Å². The molecular weight excluding hydrogens is 208 g/mol. The third-order valence-electron chi connectivity index (χ3n) is 2.99. The fraction of sp³-hybridized carbons (Fsp3) is 0.533. The van der Waals surface area contributed by atoms with Crippen molar-refractivity contribution in [2.75, 3.05) is 13.1 Å². The van der Waals surface area contributed by atoms with E-state index in [1.54, 1.807) is 0 Å². The predicted molar refractivity (Wildman–Crippen MR) is 71.7 cm³/mol. The quantitative estimate of drug-likeness (QED) is 0.745. The molecule has 2 heteroatoms. The van der Waals surface area contributed by atoms with Gasteiger partial charge < -0.3 is 0 Å². The van der Waals surface area contributed by atoms with Gasteiger partial charge in [-0.05, 0) is 44.0 Å². The molecule has 1 rings (SSSR count). The van der Waals surface area contributed by atoms with E-state index in [1.165, 1.54) is 5.56 Å². The van der Waals surface area contributed by atoms with Crippen LogP contribution in [0.25, 0.3) is 0 Å². The Labute approximate surface area is 105 Å². The lowest BCUT2D eigenvalue weighted by atomic mass is 10.0. The predicted octanol–water partition coefficient (Wildman–Crippen LogP) is 3.68. The van der Waals surface area contributed by atoms with E-state index in [-0.39, 0.29) is 6.04 Å². The number of hydrogen-bond acceptors (Lipinski definition) is 2. The van der Waals surface area contributed by atoms with Gasteiger partial charge in [0.05, 0.1) is 6.07 Å². The van der Waals surface area contributed by atoms with E-state index < -0.39 is 0 Å². The summed E-state index contributed by atoms with van der Waals surface area (Å²) in [7, 11) is 0. The van der Waals surface area contributed by atoms with E-state index >= 15 is 0 Å². The Morgan fingerprint density at radius 2 is 1.76 bits per heavy atom. The van der Waals surface area contributed by atoms with Gasteiger partial charge >= 0.3 is 0 Å². The molecule has 0 aromatic heterocycles. The summed E-state index contributed by atoms with van der Waals surface area (Å²) in [5, 5.41) is 9.44. The van der Waals surface area contributed by atoms with Crippen molar-refractivity contribution < 1.29 is 0 Å². The van der Waals surface area contributed by atoms with Crippen molar-refractivity contribution in [3.05, 3.63) is 35.4 Å². The first kappa shape index (κ1) is 13.7. The molecule has 1 aromatic rings. The standard InChI is InChI=1S/C15H22N2/c1-4-10-17(11-5-2)15(12-16)14-9-7-6-8-13(14)3/h6-9,15H,4-5,10-11H2,1-3H3. The summed E-state index contributed by atoms with van der Waals surface area (Å²) in [6, 6.07) is 10.5. The van der Waals surface area contributed by atoms with Gasteiger partial charge in [-0.1, -0.05) is 38.1 Å². The smallest absolute Gasteiger partial charge is 0.124 e. The van der Waals surface area contributed by atoms with Gasteiger partial charge in [-0.15, -0.1) is 0 Å². The maximum Gasteiger partial charge on any atom is 0.124 e. The van der Waals surface area contributed by atoms with Crippen LogP contribution in [0.15, 0.2) is 24.3 Å². The van der Waals surface area contributed by atoms with Gasteiger partial charge in [0.1, 0.15) is 6.04 Å². The molecule has 0 bridgehead atoms. The summed E-state index contributed by atoms with van der Waals surface area (Å²) in [5.41, 5.74) is 2.35. The second-order valence-corrected chi connectivity index (χ2v) is 4.42. The number of nitriles is 1. The molecule has 1 aromatic carbocycles. The van der Waals surface area contributed by atoms with Gasteiger partial charge in [-0.25, -0.2) is 0 Å². The van der Waals surface area contributed by atoms with Crippen molar-refractivity contribution in [2.45, 2.75) is 39.7 Å². The molecule has 0 aliphatic heterocycles. The Kier molecular flexibility index (Phi) is 5.72. The van der Waals surface area contributed by atoms with Gasteiger partial charge in [-0.3, -0.25) is 4.90 Å². The number of benzene rings is 1. The minimum Gasteiger partial charge on any atom is -0.284 e. The lowest BCUT2D eigenvalue weighted by Gasteiger charge is -2.27. The second kappa shape index (κ2) is 7.09. The minimum atomic E-state index is -0.101. The maximum atomic E-state index is 9.44. The van der Waals surface area contributed by atoms with Gasteiger partial charge in [-0.2, -0.15) is 5.26 Å². The Morgan fingerprint density at radius 3 is 2.24 bits per heavy atom. The fourth-order valence-corrected chi connectivity index (χ4v) is 2.19. The van der Waals surface area contributed by atoms with Gasteiger partial charge in [0.15, 0.2) is 0 Å². The zero-order valence-electron chi connectivity index (χ0n) is 11.1. The summed E-state index contributed by atoms with van der Waals surface area (Å²) in [6.07, 6.45) is 2.17. The molecule has 0 heterocycles. The summed E-state index contributed by atoms with van der Waals surface area (Å²) >= 11 is 0. The molecule has 1 atom stereocenters. The van der Waals surface area contributed by atoms with Crippen LogP contribution in [0.3, 0.4) is 0 Å². The van der Waals surface area contributed by atoms with Crippen molar-refractivity contribution in [1.29, 1.82) is 5.26 Å². The van der Waals surface area contributed by atoms with Gasteiger partial charge in [0.25, 0.3) is 0 Å². The number of rotatable bonds is 6. The largest absolute Gasteiger partial charge is 0.284 e. The SMILES string of the molecule is CCCN(CCC)C(C#N)c1ccccc1C. The number of aryl methyl sites for hydroxylation is 1. The van der Waals surface area contributed by atoms with Crippen molar-refractivity contribution in [2.24, 2.45) is 0 Å². The van der Waals surface area contributed by atoms with Gasteiger partial charge in [0, 0.05) is 0 Å². The lowest BCUT2D eigenvalue weighted by Crippen LogP contribution is -2.30. The Hall–Kier alpha value is -1.33. The van der Waals surface area contributed by atoms with Crippen LogP contribution in [0.4, 0.5) is 0 Å². The normalized spacial score (nSPS) is 12.4. The summed E-state index contributed by atoms with van der Waals surface area (Å²) < 4.78 is 0. The highest BCUT2D eigenvalue weighted by Gasteiger charge is 2.19. The maximum absolute atomic E-state index is 9.44. The van der Waals surface area contributed by atoms with Crippen LogP contribution >= 0.6 is 0 Å². The molecule has 0 N–H and O–H groups in total. The molecule has 0 saturated heterocycles. The highest BCUT2D eigenvalue weighted by atomic mass is 15.1. The molecule has 92 valence electrons. The molecule has 2 nitrogen and oxygen atoms in total. The van der Waals surface area contributed by atoms with Crippen LogP contribution in [-0.4, -0.2) is 18.0 Å². The average Bonchev–Trinajstić information content (AvgIpc) is 2.33. The zero-order valence-corrected chi connectivity index (χ0v) is 11.1. The average molecular weight is 230 g/mol.